The van der Waals surface area contributed by atoms with E-state index in [1.807, 2.05) is 0 Å². The lowest BCUT2D eigenvalue weighted by molar-refractivity contribution is -0.0329. The fourth-order valence-electron chi connectivity index (χ4n) is 0.591. The van der Waals surface area contributed by atoms with Crippen LogP contribution in [0.2, 0.25) is 0 Å². The third kappa shape index (κ3) is 3.17. The van der Waals surface area contributed by atoms with Crippen LogP contribution >= 0.6 is 59.6 Å². The summed E-state index contributed by atoms with van der Waals surface area (Å²) in [6.45, 7) is 0. The number of aromatic amines is 1. The average Bonchev–Trinajstić information content (AvgIpc) is 2.15. The molecule has 1 nitrogen and oxygen atoms in total. The first kappa shape index (κ1) is 11.9. The maximum absolute atomic E-state index is 12.0. The zero-order chi connectivity index (χ0) is 10.2. The van der Waals surface area contributed by atoms with E-state index in [1.54, 1.807) is 0 Å². The lowest BCUT2D eigenvalue weighted by Gasteiger charge is -2.02. The molecule has 0 radical (unpaired) electrons. The summed E-state index contributed by atoms with van der Waals surface area (Å²) >= 11 is 8.99. The van der Waals surface area contributed by atoms with Gasteiger partial charge in [0.05, 0.1) is 18.6 Å². The minimum absolute atomic E-state index is 0.0197. The molecule has 13 heavy (non-hydrogen) atoms. The molecule has 74 valence electrons. The van der Waals surface area contributed by atoms with Gasteiger partial charge in [0.1, 0.15) is 0 Å². The van der Waals surface area contributed by atoms with Crippen molar-refractivity contribution in [2.24, 2.45) is 0 Å². The Balaban J connectivity index is 2.97. The molecule has 0 spiro atoms. The number of rotatable bonds is 1. The molecule has 8 heteroatoms. The lowest BCUT2D eigenvalue weighted by Crippen LogP contribution is -1.99. The van der Waals surface area contributed by atoms with Crippen LogP contribution in [0.15, 0.2) is 18.6 Å². The van der Waals surface area contributed by atoms with Crippen molar-refractivity contribution in [3.05, 3.63) is 13.5 Å². The van der Waals surface area contributed by atoms with Crippen LogP contribution in [-0.2, 0) is 0 Å². The van der Waals surface area contributed by atoms with Gasteiger partial charge >= 0.3 is 5.51 Å². The Kier molecular flexibility index (Phi) is 3.82. The second-order valence-corrected chi connectivity index (χ2v) is 5.40. The van der Waals surface area contributed by atoms with E-state index in [1.165, 1.54) is 0 Å². The normalized spacial score (nSPS) is 12.2. The van der Waals surface area contributed by atoms with Gasteiger partial charge < -0.3 is 4.98 Å². The van der Waals surface area contributed by atoms with Crippen molar-refractivity contribution in [3.8, 4) is 0 Å². The van der Waals surface area contributed by atoms with Gasteiger partial charge in [-0.25, -0.2) is 0 Å². The molecule has 0 unspecified atom stereocenters. The van der Waals surface area contributed by atoms with Crippen LogP contribution in [0, 0.1) is 0 Å². The smallest absolute Gasteiger partial charge is 0.342 e. The van der Waals surface area contributed by atoms with E-state index in [0.29, 0.717) is 13.5 Å². The molecule has 0 saturated heterocycles. The molecule has 1 aromatic rings. The Morgan fingerprint density at radius 3 is 1.92 bits per heavy atom. The molecule has 1 N–H and O–H groups in total. The zero-order valence-corrected chi connectivity index (χ0v) is 11.3. The van der Waals surface area contributed by atoms with Crippen LogP contribution in [0.4, 0.5) is 13.2 Å². The predicted molar refractivity (Wildman–Crippen MR) is 55.8 cm³/mol. The summed E-state index contributed by atoms with van der Waals surface area (Å²) in [6, 6.07) is 0. The number of hydrogen-bond acceptors (Lipinski definition) is 1. The fraction of sp³-hybridized carbons (Fsp3) is 0.200. The Hall–Kier alpha value is 0.860. The Labute approximate surface area is 101 Å². The first-order chi connectivity index (χ1) is 5.81. The van der Waals surface area contributed by atoms with E-state index in [4.69, 9.17) is 0 Å². The van der Waals surface area contributed by atoms with Crippen molar-refractivity contribution in [2.45, 2.75) is 10.5 Å². The molecule has 0 aliphatic rings. The van der Waals surface area contributed by atoms with E-state index in [0.717, 1.165) is 0 Å². The third-order valence-electron chi connectivity index (χ3n) is 1.03. The number of H-pyrrole nitrogens is 1. The Morgan fingerprint density at radius 2 is 1.62 bits per heavy atom. The standard InChI is InChI=1S/C5HBr3F3NS/c6-1-2(7)4(12-3(1)8)13-5(9,10)11/h12H. The summed E-state index contributed by atoms with van der Waals surface area (Å²) in [4.78, 5) is 2.54. The monoisotopic (exact) mass is 401 g/mol. The second kappa shape index (κ2) is 4.16. The molecular weight excluding hydrogens is 403 g/mol. The maximum atomic E-state index is 12.0. The number of halogens is 6. The minimum atomic E-state index is -4.29. The first-order valence-electron chi connectivity index (χ1n) is 2.79. The zero-order valence-electron chi connectivity index (χ0n) is 5.68. The topological polar surface area (TPSA) is 15.8 Å². The minimum Gasteiger partial charge on any atom is -0.342 e. The van der Waals surface area contributed by atoms with Crippen molar-refractivity contribution in [3.63, 3.8) is 0 Å². The van der Waals surface area contributed by atoms with Crippen molar-refractivity contribution < 1.29 is 13.2 Å². The molecule has 0 amide bonds. The van der Waals surface area contributed by atoms with Gasteiger partial charge in [0.15, 0.2) is 0 Å². The van der Waals surface area contributed by atoms with Crippen LogP contribution in [0.1, 0.15) is 0 Å². The number of thioether (sulfide) groups is 1. The summed E-state index contributed by atoms with van der Waals surface area (Å²) in [5, 5.41) is 0.0197. The highest BCUT2D eigenvalue weighted by Gasteiger charge is 2.32. The molecular formula is C5HBr3F3NS. The molecule has 0 saturated carbocycles. The van der Waals surface area contributed by atoms with E-state index in [2.05, 4.69) is 52.8 Å². The number of nitrogens with one attached hydrogen (secondary N) is 1. The summed E-state index contributed by atoms with van der Waals surface area (Å²) in [5.74, 6) is 0. The number of alkyl halides is 3. The van der Waals surface area contributed by atoms with Gasteiger partial charge in [0, 0.05) is 11.8 Å². The van der Waals surface area contributed by atoms with E-state index < -0.39 is 5.51 Å². The highest BCUT2D eigenvalue weighted by Crippen LogP contribution is 2.44. The highest BCUT2D eigenvalue weighted by molar-refractivity contribution is 9.14. The highest BCUT2D eigenvalue weighted by atomic mass is 79.9. The molecule has 1 aromatic heterocycles. The molecule has 1 heterocycles. The van der Waals surface area contributed by atoms with Crippen LogP contribution in [0.3, 0.4) is 0 Å². The van der Waals surface area contributed by atoms with Gasteiger partial charge in [-0.1, -0.05) is 0 Å². The fourth-order valence-corrected chi connectivity index (χ4v) is 2.93. The van der Waals surface area contributed by atoms with Gasteiger partial charge in [0.25, 0.3) is 0 Å². The van der Waals surface area contributed by atoms with E-state index in [-0.39, 0.29) is 16.8 Å². The molecule has 0 fully saturated rings. The van der Waals surface area contributed by atoms with Crippen molar-refractivity contribution in [1.29, 1.82) is 0 Å². The summed E-state index contributed by atoms with van der Waals surface area (Å²) in [5.41, 5.74) is -4.29. The van der Waals surface area contributed by atoms with E-state index >= 15 is 0 Å². The molecule has 0 aliphatic carbocycles. The van der Waals surface area contributed by atoms with Gasteiger partial charge in [-0.05, 0) is 47.8 Å². The molecule has 0 aliphatic heterocycles. The average molecular weight is 404 g/mol. The SMILES string of the molecule is FC(F)(F)Sc1[nH]c(Br)c(Br)c1Br. The van der Waals surface area contributed by atoms with Crippen molar-refractivity contribution in [2.75, 3.05) is 0 Å². The van der Waals surface area contributed by atoms with Gasteiger partial charge in [-0.15, -0.1) is 0 Å². The summed E-state index contributed by atoms with van der Waals surface area (Å²) in [6.07, 6.45) is 0. The summed E-state index contributed by atoms with van der Waals surface area (Å²) in [7, 11) is 0. The summed E-state index contributed by atoms with van der Waals surface area (Å²) < 4.78 is 37.2. The quantitative estimate of drug-likeness (QED) is 0.658. The molecule has 1 rings (SSSR count). The lowest BCUT2D eigenvalue weighted by atomic mass is 10.7. The van der Waals surface area contributed by atoms with Crippen LogP contribution < -0.4 is 0 Å². The molecule has 0 atom stereocenters. The van der Waals surface area contributed by atoms with Gasteiger partial charge in [0.2, 0.25) is 0 Å². The second-order valence-electron chi connectivity index (χ2n) is 1.94. The Morgan fingerprint density at radius 1 is 1.08 bits per heavy atom. The first-order valence-corrected chi connectivity index (χ1v) is 5.99. The number of aromatic nitrogens is 1. The van der Waals surface area contributed by atoms with Gasteiger partial charge in [-0.2, -0.15) is 13.2 Å². The van der Waals surface area contributed by atoms with Crippen LogP contribution in [0.25, 0.3) is 0 Å². The predicted octanol–water partition coefficient (Wildman–Crippen LogP) is 4.91. The van der Waals surface area contributed by atoms with Crippen molar-refractivity contribution in [1.82, 2.24) is 4.98 Å². The molecule has 0 aromatic carbocycles. The largest absolute Gasteiger partial charge is 0.447 e. The van der Waals surface area contributed by atoms with Crippen LogP contribution in [-0.4, -0.2) is 10.5 Å². The van der Waals surface area contributed by atoms with E-state index in [9.17, 15) is 13.2 Å². The van der Waals surface area contributed by atoms with Gasteiger partial charge in [-0.3, -0.25) is 0 Å². The number of hydrogen-bond donors (Lipinski definition) is 1. The molecule has 0 bridgehead atoms. The Bertz CT molecular complexity index is 322. The van der Waals surface area contributed by atoms with Crippen molar-refractivity contribution >= 4 is 59.6 Å². The maximum Gasteiger partial charge on any atom is 0.447 e. The third-order valence-corrected chi connectivity index (χ3v) is 5.27. The van der Waals surface area contributed by atoms with Crippen LogP contribution in [0.5, 0.6) is 0 Å².